The van der Waals surface area contributed by atoms with E-state index in [1.807, 2.05) is 60.7 Å². The van der Waals surface area contributed by atoms with E-state index in [1.165, 1.54) is 36.4 Å². The summed E-state index contributed by atoms with van der Waals surface area (Å²) in [5, 5.41) is 0. The lowest BCUT2D eigenvalue weighted by Gasteiger charge is -2.25. The first-order valence-corrected chi connectivity index (χ1v) is 12.4. The second kappa shape index (κ2) is 10.9. The van der Waals surface area contributed by atoms with Crippen molar-refractivity contribution in [3.63, 3.8) is 0 Å². The fourth-order valence-corrected chi connectivity index (χ4v) is 5.79. The molecule has 36 heavy (non-hydrogen) atoms. The van der Waals surface area contributed by atoms with E-state index in [0.717, 1.165) is 9.79 Å². The van der Waals surface area contributed by atoms with Crippen LogP contribution < -0.4 is 4.74 Å². The minimum Gasteiger partial charge on any atom is -0.476 e. The van der Waals surface area contributed by atoms with Gasteiger partial charge < -0.3 is 9.47 Å². The van der Waals surface area contributed by atoms with Crippen LogP contribution in [-0.2, 0) is 26.0 Å². The molecule has 0 aliphatic heterocycles. The molecule has 0 unspecified atom stereocenters. The third-order valence-electron chi connectivity index (χ3n) is 5.41. The number of esters is 1. The topological polar surface area (TPSA) is 35.5 Å². The SMILES string of the molecule is CC(C)(OC(=O)COc1c(F)cc([S+](c2ccccc2)c2ccccc2)cc1F)c1ccc(F)cc1. The first-order valence-electron chi connectivity index (χ1n) is 11.2. The Labute approximate surface area is 210 Å². The molecule has 0 heterocycles. The van der Waals surface area contributed by atoms with Crippen molar-refractivity contribution in [3.05, 3.63) is 120 Å². The molecule has 0 saturated carbocycles. The van der Waals surface area contributed by atoms with Gasteiger partial charge in [-0.15, -0.1) is 0 Å². The zero-order valence-corrected chi connectivity index (χ0v) is 20.5. The maximum absolute atomic E-state index is 15.0. The zero-order chi connectivity index (χ0) is 25.7. The summed E-state index contributed by atoms with van der Waals surface area (Å²) in [6, 6.07) is 26.9. The van der Waals surface area contributed by atoms with Crippen LogP contribution in [0.25, 0.3) is 0 Å². The van der Waals surface area contributed by atoms with Crippen LogP contribution in [0, 0.1) is 17.5 Å². The van der Waals surface area contributed by atoms with Crippen molar-refractivity contribution < 1.29 is 27.4 Å². The van der Waals surface area contributed by atoms with Gasteiger partial charge in [-0.1, -0.05) is 48.5 Å². The molecule has 0 spiro atoms. The van der Waals surface area contributed by atoms with Crippen molar-refractivity contribution in [2.75, 3.05) is 6.61 Å². The van der Waals surface area contributed by atoms with Crippen LogP contribution in [0.2, 0.25) is 0 Å². The highest BCUT2D eigenvalue weighted by Gasteiger charge is 2.32. The van der Waals surface area contributed by atoms with Crippen molar-refractivity contribution in [1.82, 2.24) is 0 Å². The molecule has 0 N–H and O–H groups in total. The normalized spacial score (nSPS) is 11.4. The van der Waals surface area contributed by atoms with Crippen LogP contribution in [-0.4, -0.2) is 12.6 Å². The monoisotopic (exact) mass is 509 g/mol. The molecule has 0 bridgehead atoms. The first-order chi connectivity index (χ1) is 17.2. The van der Waals surface area contributed by atoms with Gasteiger partial charge in [-0.2, -0.15) is 0 Å². The molecule has 0 fully saturated rings. The number of hydrogen-bond donors (Lipinski definition) is 0. The highest BCUT2D eigenvalue weighted by atomic mass is 32.2. The lowest BCUT2D eigenvalue weighted by atomic mass is 9.98. The van der Waals surface area contributed by atoms with Crippen molar-refractivity contribution in [3.8, 4) is 5.75 Å². The fraction of sp³-hybridized carbons (Fsp3) is 0.138. The Bertz CT molecular complexity index is 1260. The summed E-state index contributed by atoms with van der Waals surface area (Å²) in [5.41, 5.74) is -0.526. The average Bonchev–Trinajstić information content (AvgIpc) is 2.85. The van der Waals surface area contributed by atoms with Crippen LogP contribution in [0.15, 0.2) is 112 Å². The molecule has 4 rings (SSSR count). The van der Waals surface area contributed by atoms with E-state index in [4.69, 9.17) is 9.47 Å². The second-order valence-corrected chi connectivity index (χ2v) is 10.5. The summed E-state index contributed by atoms with van der Waals surface area (Å²) in [7, 11) is -0.746. The molecule has 4 aromatic rings. The van der Waals surface area contributed by atoms with E-state index in [-0.39, 0.29) is 0 Å². The number of rotatable bonds is 8. The molecule has 7 heteroatoms. The van der Waals surface area contributed by atoms with Crippen molar-refractivity contribution >= 4 is 16.9 Å². The Morgan fingerprint density at radius 3 is 1.75 bits per heavy atom. The Morgan fingerprint density at radius 1 is 0.750 bits per heavy atom. The minimum atomic E-state index is -1.09. The van der Waals surface area contributed by atoms with Gasteiger partial charge in [-0.25, -0.2) is 18.0 Å². The average molecular weight is 510 g/mol. The van der Waals surface area contributed by atoms with Crippen LogP contribution in [0.5, 0.6) is 5.75 Å². The third-order valence-corrected chi connectivity index (χ3v) is 7.60. The number of benzene rings is 4. The molecular formula is C29H24F3O3S+. The summed E-state index contributed by atoms with van der Waals surface area (Å²) in [5.74, 6) is -3.72. The third kappa shape index (κ3) is 5.91. The lowest BCUT2D eigenvalue weighted by Crippen LogP contribution is -2.28. The second-order valence-electron chi connectivity index (χ2n) is 8.43. The highest BCUT2D eigenvalue weighted by molar-refractivity contribution is 7.97. The van der Waals surface area contributed by atoms with E-state index in [9.17, 15) is 9.18 Å². The van der Waals surface area contributed by atoms with Crippen LogP contribution in [0.3, 0.4) is 0 Å². The van der Waals surface area contributed by atoms with E-state index in [0.29, 0.717) is 10.5 Å². The Balaban J connectivity index is 1.53. The standard InChI is InChI=1S/C29H24F3O3S/c1-29(2,20-13-15-21(30)16-14-20)35-27(33)19-34-28-25(31)17-24(18-26(28)32)36(22-9-5-3-6-10-22)23-11-7-4-8-12-23/h3-18H,19H2,1-2H3/q+1. The van der Waals surface area contributed by atoms with Gasteiger partial charge in [0.1, 0.15) is 11.4 Å². The summed E-state index contributed by atoms with van der Waals surface area (Å²) >= 11 is 0. The van der Waals surface area contributed by atoms with Crippen LogP contribution in [0.4, 0.5) is 13.2 Å². The Morgan fingerprint density at radius 2 is 1.25 bits per heavy atom. The molecular weight excluding hydrogens is 485 g/mol. The number of carbonyl (C=O) groups is 1. The molecule has 0 radical (unpaired) electrons. The number of halogens is 3. The Hall–Kier alpha value is -3.71. The fourth-order valence-electron chi connectivity index (χ4n) is 3.67. The molecule has 3 nitrogen and oxygen atoms in total. The van der Waals surface area contributed by atoms with Gasteiger partial charge in [0.05, 0.1) is 10.9 Å². The van der Waals surface area contributed by atoms with E-state index in [2.05, 4.69) is 0 Å². The van der Waals surface area contributed by atoms with Gasteiger partial charge in [0.15, 0.2) is 38.7 Å². The summed E-state index contributed by atoms with van der Waals surface area (Å²) < 4.78 is 53.9. The van der Waals surface area contributed by atoms with Gasteiger partial charge in [0.25, 0.3) is 0 Å². The quantitative estimate of drug-likeness (QED) is 0.189. The maximum Gasteiger partial charge on any atom is 0.345 e. The number of carbonyl (C=O) groups excluding carboxylic acids is 1. The number of ether oxygens (including phenoxy) is 2. The smallest absolute Gasteiger partial charge is 0.345 e. The van der Waals surface area contributed by atoms with E-state index >= 15 is 8.78 Å². The predicted octanol–water partition coefficient (Wildman–Crippen LogP) is 7.06. The van der Waals surface area contributed by atoms with Gasteiger partial charge in [0.2, 0.25) is 0 Å². The largest absolute Gasteiger partial charge is 0.476 e. The molecule has 0 aliphatic rings. The first kappa shape index (κ1) is 25.4. The molecule has 0 amide bonds. The molecule has 0 aromatic heterocycles. The summed E-state index contributed by atoms with van der Waals surface area (Å²) in [6.45, 7) is 2.56. The zero-order valence-electron chi connectivity index (χ0n) is 19.7. The molecule has 4 aromatic carbocycles. The summed E-state index contributed by atoms with van der Waals surface area (Å²) in [4.78, 5) is 14.6. The van der Waals surface area contributed by atoms with Crippen LogP contribution in [0.1, 0.15) is 19.4 Å². The minimum absolute atomic E-state index is 0.416. The highest BCUT2D eigenvalue weighted by Crippen LogP contribution is 2.35. The molecule has 184 valence electrons. The van der Waals surface area contributed by atoms with Gasteiger partial charge in [-0.05, 0) is 55.8 Å². The number of hydrogen-bond acceptors (Lipinski definition) is 3. The van der Waals surface area contributed by atoms with E-state index in [1.54, 1.807) is 13.8 Å². The van der Waals surface area contributed by atoms with Crippen LogP contribution >= 0.6 is 0 Å². The maximum atomic E-state index is 15.0. The van der Waals surface area contributed by atoms with E-state index < -0.39 is 52.3 Å². The van der Waals surface area contributed by atoms with Crippen molar-refractivity contribution in [2.45, 2.75) is 34.1 Å². The summed E-state index contributed by atoms with van der Waals surface area (Å²) in [6.07, 6.45) is 0. The molecule has 0 atom stereocenters. The predicted molar refractivity (Wildman–Crippen MR) is 132 cm³/mol. The molecule has 0 aliphatic carbocycles. The van der Waals surface area contributed by atoms with Gasteiger partial charge in [0, 0.05) is 12.1 Å². The Kier molecular flexibility index (Phi) is 7.70. The van der Waals surface area contributed by atoms with Gasteiger partial charge >= 0.3 is 5.97 Å². The van der Waals surface area contributed by atoms with Gasteiger partial charge in [-0.3, -0.25) is 0 Å². The van der Waals surface area contributed by atoms with Crippen molar-refractivity contribution in [2.24, 2.45) is 0 Å². The van der Waals surface area contributed by atoms with Crippen molar-refractivity contribution in [1.29, 1.82) is 0 Å². The lowest BCUT2D eigenvalue weighted by molar-refractivity contribution is -0.160. The molecule has 0 saturated heterocycles.